The Morgan fingerprint density at radius 1 is 1.65 bits per heavy atom. The van der Waals surface area contributed by atoms with Crippen molar-refractivity contribution in [3.05, 3.63) is 18.2 Å². The van der Waals surface area contributed by atoms with E-state index in [-0.39, 0.29) is 24.8 Å². The Kier molecular flexibility index (Phi) is 4.65. The monoisotopic (exact) mass is 240 g/mol. The topological polar surface area (TPSA) is 121 Å². The molecule has 1 heterocycles. The third-order valence-electron chi connectivity index (χ3n) is 2.12. The summed E-state index contributed by atoms with van der Waals surface area (Å²) in [5, 5.41) is 11.4. The standard InChI is InChI=1S/C10H16N4O3/c1-6(11)2-9(15)14-8(10(16)17)3-7-4-12-5-13-7/h4-6,8H,2-3,11H2,1H3,(H,12,13)(H,14,15)(H,16,17)/t6?,8-/m0/s1. The minimum Gasteiger partial charge on any atom is -0.480 e. The van der Waals surface area contributed by atoms with Gasteiger partial charge in [-0.3, -0.25) is 4.79 Å². The number of hydrogen-bond acceptors (Lipinski definition) is 4. The van der Waals surface area contributed by atoms with Gasteiger partial charge < -0.3 is 21.1 Å². The molecular formula is C10H16N4O3. The van der Waals surface area contributed by atoms with E-state index < -0.39 is 12.0 Å². The van der Waals surface area contributed by atoms with Gasteiger partial charge in [-0.1, -0.05) is 0 Å². The molecule has 0 bridgehead atoms. The van der Waals surface area contributed by atoms with Crippen molar-refractivity contribution >= 4 is 11.9 Å². The lowest BCUT2D eigenvalue weighted by Gasteiger charge is -2.14. The molecule has 2 atom stereocenters. The van der Waals surface area contributed by atoms with Gasteiger partial charge in [-0.25, -0.2) is 9.78 Å². The number of nitrogens with zero attached hydrogens (tertiary/aromatic N) is 1. The Labute approximate surface area is 98.4 Å². The number of nitrogens with two attached hydrogens (primary N) is 1. The fraction of sp³-hybridized carbons (Fsp3) is 0.500. The summed E-state index contributed by atoms with van der Waals surface area (Å²) in [6, 6.07) is -1.27. The molecule has 17 heavy (non-hydrogen) atoms. The van der Waals surface area contributed by atoms with E-state index in [1.54, 1.807) is 6.92 Å². The van der Waals surface area contributed by atoms with Crippen molar-refractivity contribution in [3.8, 4) is 0 Å². The number of aromatic amines is 1. The number of carboxylic acids is 1. The number of amides is 1. The fourth-order valence-corrected chi connectivity index (χ4v) is 1.36. The minimum atomic E-state index is -1.09. The molecule has 1 aromatic rings. The van der Waals surface area contributed by atoms with Crippen molar-refractivity contribution in [2.24, 2.45) is 5.73 Å². The molecule has 7 heteroatoms. The fourth-order valence-electron chi connectivity index (χ4n) is 1.36. The highest BCUT2D eigenvalue weighted by Gasteiger charge is 2.21. The normalized spacial score (nSPS) is 14.0. The number of aromatic nitrogens is 2. The number of carbonyl (C=O) groups is 2. The zero-order valence-corrected chi connectivity index (χ0v) is 9.51. The summed E-state index contributed by atoms with van der Waals surface area (Å²) in [6.45, 7) is 1.68. The predicted molar refractivity (Wildman–Crippen MR) is 60.1 cm³/mol. The summed E-state index contributed by atoms with van der Waals surface area (Å²) in [5.41, 5.74) is 6.11. The van der Waals surface area contributed by atoms with Crippen LogP contribution in [0.15, 0.2) is 12.5 Å². The van der Waals surface area contributed by atoms with E-state index in [0.717, 1.165) is 0 Å². The van der Waals surface area contributed by atoms with Crippen LogP contribution in [0.3, 0.4) is 0 Å². The minimum absolute atomic E-state index is 0.104. The zero-order valence-electron chi connectivity index (χ0n) is 9.51. The highest BCUT2D eigenvalue weighted by molar-refractivity contribution is 5.83. The second kappa shape index (κ2) is 6.00. The van der Waals surface area contributed by atoms with Gasteiger partial charge in [0.2, 0.25) is 5.91 Å². The van der Waals surface area contributed by atoms with Crippen LogP contribution in [-0.4, -0.2) is 39.0 Å². The molecule has 0 aliphatic carbocycles. The third kappa shape index (κ3) is 4.64. The molecule has 0 fully saturated rings. The Hall–Kier alpha value is -1.89. The maximum atomic E-state index is 11.4. The van der Waals surface area contributed by atoms with E-state index in [2.05, 4.69) is 15.3 Å². The lowest BCUT2D eigenvalue weighted by molar-refractivity contribution is -0.141. The largest absolute Gasteiger partial charge is 0.480 e. The van der Waals surface area contributed by atoms with Crippen LogP contribution in [0.5, 0.6) is 0 Å². The Morgan fingerprint density at radius 2 is 2.35 bits per heavy atom. The number of nitrogens with one attached hydrogen (secondary N) is 2. The summed E-state index contributed by atoms with van der Waals surface area (Å²) < 4.78 is 0. The van der Waals surface area contributed by atoms with Crippen LogP contribution in [0.25, 0.3) is 0 Å². The number of hydrogen-bond donors (Lipinski definition) is 4. The summed E-state index contributed by atoms with van der Waals surface area (Å²) in [5.74, 6) is -1.45. The van der Waals surface area contributed by atoms with Gasteiger partial charge in [-0.05, 0) is 6.92 Å². The van der Waals surface area contributed by atoms with Crippen molar-refractivity contribution in [2.75, 3.05) is 0 Å². The molecule has 0 aliphatic heterocycles. The molecule has 1 amide bonds. The predicted octanol–water partition coefficient (Wildman–Crippen LogP) is -0.741. The van der Waals surface area contributed by atoms with Gasteiger partial charge in [-0.15, -0.1) is 0 Å². The SMILES string of the molecule is CC(N)CC(=O)N[C@@H](Cc1cnc[nH]1)C(=O)O. The number of aliphatic carboxylic acids is 1. The summed E-state index contributed by atoms with van der Waals surface area (Å²) in [4.78, 5) is 29.0. The van der Waals surface area contributed by atoms with Gasteiger partial charge >= 0.3 is 5.97 Å². The number of H-pyrrole nitrogens is 1. The van der Waals surface area contributed by atoms with Crippen LogP contribution in [0.2, 0.25) is 0 Å². The molecule has 1 rings (SSSR count). The van der Waals surface area contributed by atoms with Gasteiger partial charge in [0.05, 0.1) is 6.33 Å². The lowest BCUT2D eigenvalue weighted by atomic mass is 10.1. The zero-order chi connectivity index (χ0) is 12.8. The molecule has 94 valence electrons. The molecule has 0 aromatic carbocycles. The van der Waals surface area contributed by atoms with Crippen LogP contribution >= 0.6 is 0 Å². The first-order valence-electron chi connectivity index (χ1n) is 5.24. The van der Waals surface area contributed by atoms with Gasteiger partial charge in [0, 0.05) is 30.8 Å². The molecule has 0 radical (unpaired) electrons. The third-order valence-corrected chi connectivity index (χ3v) is 2.12. The van der Waals surface area contributed by atoms with E-state index >= 15 is 0 Å². The van der Waals surface area contributed by atoms with E-state index in [9.17, 15) is 9.59 Å². The van der Waals surface area contributed by atoms with Crippen molar-refractivity contribution in [1.82, 2.24) is 15.3 Å². The maximum Gasteiger partial charge on any atom is 0.326 e. The number of carbonyl (C=O) groups excluding carboxylic acids is 1. The summed E-state index contributed by atoms with van der Waals surface area (Å²) in [7, 11) is 0. The van der Waals surface area contributed by atoms with Crippen LogP contribution < -0.4 is 11.1 Å². The molecule has 1 aromatic heterocycles. The molecule has 0 aliphatic rings. The van der Waals surface area contributed by atoms with Crippen LogP contribution in [0, 0.1) is 0 Å². The Balaban J connectivity index is 2.55. The molecule has 1 unspecified atom stereocenters. The van der Waals surface area contributed by atoms with Gasteiger partial charge in [0.15, 0.2) is 0 Å². The highest BCUT2D eigenvalue weighted by atomic mass is 16.4. The smallest absolute Gasteiger partial charge is 0.326 e. The van der Waals surface area contributed by atoms with Gasteiger partial charge in [0.1, 0.15) is 6.04 Å². The van der Waals surface area contributed by atoms with E-state index in [1.165, 1.54) is 12.5 Å². The summed E-state index contributed by atoms with van der Waals surface area (Å²) in [6.07, 6.45) is 3.25. The average molecular weight is 240 g/mol. The first-order chi connectivity index (χ1) is 7.99. The first kappa shape index (κ1) is 13.2. The number of imidazole rings is 1. The van der Waals surface area contributed by atoms with Crippen molar-refractivity contribution in [2.45, 2.75) is 31.8 Å². The van der Waals surface area contributed by atoms with Gasteiger partial charge in [-0.2, -0.15) is 0 Å². The second-order valence-electron chi connectivity index (χ2n) is 3.92. The van der Waals surface area contributed by atoms with Crippen molar-refractivity contribution < 1.29 is 14.7 Å². The molecule has 0 saturated carbocycles. The average Bonchev–Trinajstić information content (AvgIpc) is 2.67. The van der Waals surface area contributed by atoms with Crippen molar-refractivity contribution in [1.29, 1.82) is 0 Å². The second-order valence-corrected chi connectivity index (χ2v) is 3.92. The quantitative estimate of drug-likeness (QED) is 0.521. The van der Waals surface area contributed by atoms with E-state index in [0.29, 0.717) is 5.69 Å². The molecule has 7 nitrogen and oxygen atoms in total. The van der Waals surface area contributed by atoms with E-state index in [1.807, 2.05) is 0 Å². The molecule has 5 N–H and O–H groups in total. The van der Waals surface area contributed by atoms with Crippen LogP contribution in [-0.2, 0) is 16.0 Å². The van der Waals surface area contributed by atoms with E-state index in [4.69, 9.17) is 10.8 Å². The van der Waals surface area contributed by atoms with Crippen LogP contribution in [0.1, 0.15) is 19.0 Å². The molecular weight excluding hydrogens is 224 g/mol. The number of rotatable bonds is 6. The first-order valence-corrected chi connectivity index (χ1v) is 5.24. The maximum absolute atomic E-state index is 11.4. The highest BCUT2D eigenvalue weighted by Crippen LogP contribution is 1.99. The van der Waals surface area contributed by atoms with Gasteiger partial charge in [0.25, 0.3) is 0 Å². The van der Waals surface area contributed by atoms with Crippen LogP contribution in [0.4, 0.5) is 0 Å². The molecule has 0 spiro atoms. The summed E-state index contributed by atoms with van der Waals surface area (Å²) >= 11 is 0. The lowest BCUT2D eigenvalue weighted by Crippen LogP contribution is -2.43. The molecule has 0 saturated heterocycles. The number of carboxylic acid groups (broad SMARTS) is 1. The van der Waals surface area contributed by atoms with Crippen molar-refractivity contribution in [3.63, 3.8) is 0 Å². The Bertz CT molecular complexity index is 375. The Morgan fingerprint density at radius 3 is 2.82 bits per heavy atom.